The minimum Gasteiger partial charge on any atom is -0.508 e. The van der Waals surface area contributed by atoms with Crippen molar-refractivity contribution in [3.8, 4) is 17.2 Å². The van der Waals surface area contributed by atoms with Crippen LogP contribution in [0.2, 0.25) is 0 Å². The lowest BCUT2D eigenvalue weighted by molar-refractivity contribution is -0.139. The molecular weight excluding hydrogens is 518 g/mol. The van der Waals surface area contributed by atoms with Crippen LogP contribution < -0.4 is 9.47 Å². The van der Waals surface area contributed by atoms with Crippen LogP contribution in [-0.4, -0.2) is 43.0 Å². The van der Waals surface area contributed by atoms with Crippen molar-refractivity contribution in [3.05, 3.63) is 68.8 Å². The molecule has 2 heterocycles. The van der Waals surface area contributed by atoms with E-state index < -0.39 is 11.9 Å². The Labute approximate surface area is 210 Å². The van der Waals surface area contributed by atoms with Gasteiger partial charge in [-0.1, -0.05) is 22.0 Å². The van der Waals surface area contributed by atoms with Gasteiger partial charge in [0, 0.05) is 17.2 Å². The van der Waals surface area contributed by atoms with E-state index in [1.54, 1.807) is 30.5 Å². The van der Waals surface area contributed by atoms with E-state index in [1.165, 1.54) is 14.2 Å². The average Bonchev–Trinajstić information content (AvgIpc) is 3.57. The van der Waals surface area contributed by atoms with Gasteiger partial charge in [0.1, 0.15) is 5.75 Å². The number of nitrogens with zero attached hydrogens (tertiary/aromatic N) is 1. The van der Waals surface area contributed by atoms with Crippen LogP contribution in [0.5, 0.6) is 17.2 Å². The molecule has 9 heteroatoms. The molecule has 0 spiro atoms. The van der Waals surface area contributed by atoms with E-state index in [9.17, 15) is 14.7 Å². The Morgan fingerprint density at radius 2 is 1.74 bits per heavy atom. The van der Waals surface area contributed by atoms with Crippen LogP contribution in [0.1, 0.15) is 35.6 Å². The minimum absolute atomic E-state index is 0.0790. The van der Waals surface area contributed by atoms with Crippen LogP contribution in [0.4, 0.5) is 0 Å². The Kier molecular flexibility index (Phi) is 6.19. The predicted molar refractivity (Wildman–Crippen MR) is 129 cm³/mol. The zero-order chi connectivity index (χ0) is 24.7. The molecule has 2 aliphatic heterocycles. The van der Waals surface area contributed by atoms with E-state index in [0.29, 0.717) is 24.0 Å². The number of carbonyl (C=O) groups is 2. The van der Waals surface area contributed by atoms with Crippen molar-refractivity contribution in [2.24, 2.45) is 5.92 Å². The standard InChI is InChI=1S/C26H24BrNO7/c1-32-25(30)19-7-15-5-6-17(29)9-18(15)24(14-3-4-14)28(12-20(19)26(31)33-2)11-16-8-22-23(10-21(16)27)35-13-34-22/h5-10,12,14,24,29H,3-4,11,13H2,1-2H3. The zero-order valence-electron chi connectivity index (χ0n) is 19.2. The first-order chi connectivity index (χ1) is 16.9. The average molecular weight is 542 g/mol. The highest BCUT2D eigenvalue weighted by molar-refractivity contribution is 9.10. The Bertz CT molecular complexity index is 1260. The summed E-state index contributed by atoms with van der Waals surface area (Å²) in [5.41, 5.74) is 2.68. The monoisotopic (exact) mass is 541 g/mol. The summed E-state index contributed by atoms with van der Waals surface area (Å²) < 4.78 is 21.9. The van der Waals surface area contributed by atoms with Crippen molar-refractivity contribution in [1.82, 2.24) is 4.90 Å². The Morgan fingerprint density at radius 3 is 2.43 bits per heavy atom. The predicted octanol–water partition coefficient (Wildman–Crippen LogP) is 4.46. The van der Waals surface area contributed by atoms with Crippen LogP contribution in [0, 0.1) is 5.92 Å². The number of aromatic hydroxyl groups is 1. The fraction of sp³-hybridized carbons (Fsp3) is 0.308. The highest BCUT2D eigenvalue weighted by atomic mass is 79.9. The molecule has 1 unspecified atom stereocenters. The number of fused-ring (bicyclic) bond motifs is 2. The van der Waals surface area contributed by atoms with Crippen molar-refractivity contribution >= 4 is 33.9 Å². The highest BCUT2D eigenvalue weighted by Gasteiger charge is 2.39. The van der Waals surface area contributed by atoms with Gasteiger partial charge < -0.3 is 29.0 Å². The number of hydrogen-bond donors (Lipinski definition) is 1. The zero-order valence-corrected chi connectivity index (χ0v) is 20.8. The molecule has 8 nitrogen and oxygen atoms in total. The molecule has 0 bridgehead atoms. The highest BCUT2D eigenvalue weighted by Crippen LogP contribution is 2.49. The van der Waals surface area contributed by atoms with Crippen LogP contribution in [0.15, 0.2) is 52.2 Å². The number of esters is 2. The van der Waals surface area contributed by atoms with Crippen molar-refractivity contribution in [2.75, 3.05) is 21.0 Å². The molecule has 0 saturated heterocycles. The molecule has 5 rings (SSSR count). The van der Waals surface area contributed by atoms with Crippen molar-refractivity contribution in [2.45, 2.75) is 25.4 Å². The van der Waals surface area contributed by atoms with Gasteiger partial charge in [0.2, 0.25) is 6.79 Å². The Hall–Kier alpha value is -3.46. The first kappa shape index (κ1) is 23.3. The largest absolute Gasteiger partial charge is 0.508 e. The van der Waals surface area contributed by atoms with Crippen molar-refractivity contribution in [1.29, 1.82) is 0 Å². The van der Waals surface area contributed by atoms with Crippen LogP contribution in [-0.2, 0) is 25.6 Å². The summed E-state index contributed by atoms with van der Waals surface area (Å²) >= 11 is 3.63. The summed E-state index contributed by atoms with van der Waals surface area (Å²) in [6.07, 6.45) is 5.31. The molecule has 0 aromatic heterocycles. The summed E-state index contributed by atoms with van der Waals surface area (Å²) in [6, 6.07) is 8.65. The number of methoxy groups -OCH3 is 2. The van der Waals surface area contributed by atoms with E-state index >= 15 is 0 Å². The first-order valence-corrected chi connectivity index (χ1v) is 12.0. The molecule has 0 amide bonds. The second-order valence-corrected chi connectivity index (χ2v) is 9.50. The quantitative estimate of drug-likeness (QED) is 0.554. The Morgan fingerprint density at radius 1 is 1.06 bits per heavy atom. The van der Waals surface area contributed by atoms with Crippen molar-refractivity contribution < 1.29 is 33.6 Å². The summed E-state index contributed by atoms with van der Waals surface area (Å²) in [5, 5.41) is 10.3. The number of halogens is 1. The molecular formula is C26H24BrNO7. The molecule has 0 radical (unpaired) electrons. The number of phenols is 1. The maximum atomic E-state index is 12.9. The fourth-order valence-corrected chi connectivity index (χ4v) is 5.03. The normalized spacial score (nSPS) is 18.6. The third kappa shape index (κ3) is 4.48. The number of phenolic OH excluding ortho intramolecular Hbond substituents is 1. The maximum Gasteiger partial charge on any atom is 0.340 e. The maximum absolute atomic E-state index is 12.9. The van der Waals surface area contributed by atoms with Gasteiger partial charge in [-0.15, -0.1) is 0 Å². The number of hydrogen-bond acceptors (Lipinski definition) is 8. The van der Waals surface area contributed by atoms with E-state index in [-0.39, 0.29) is 29.7 Å². The summed E-state index contributed by atoms with van der Waals surface area (Å²) in [5.74, 6) is 0.437. The lowest BCUT2D eigenvalue weighted by Gasteiger charge is -2.35. The van der Waals surface area contributed by atoms with Gasteiger partial charge in [-0.05, 0) is 65.8 Å². The molecule has 1 N–H and O–H groups in total. The molecule has 1 aliphatic carbocycles. The number of ether oxygens (including phenoxy) is 4. The molecule has 2 aromatic carbocycles. The van der Waals surface area contributed by atoms with Crippen LogP contribution >= 0.6 is 15.9 Å². The lowest BCUT2D eigenvalue weighted by atomic mass is 9.90. The van der Waals surface area contributed by atoms with Gasteiger partial charge in [0.25, 0.3) is 0 Å². The van der Waals surface area contributed by atoms with Crippen molar-refractivity contribution in [3.63, 3.8) is 0 Å². The van der Waals surface area contributed by atoms with E-state index in [4.69, 9.17) is 18.9 Å². The molecule has 1 saturated carbocycles. The van der Waals surface area contributed by atoms with Gasteiger partial charge in [0.05, 0.1) is 31.4 Å². The van der Waals surface area contributed by atoms with Crippen LogP contribution in [0.3, 0.4) is 0 Å². The van der Waals surface area contributed by atoms with E-state index in [0.717, 1.165) is 34.0 Å². The number of benzene rings is 2. The molecule has 2 aromatic rings. The molecule has 35 heavy (non-hydrogen) atoms. The smallest absolute Gasteiger partial charge is 0.340 e. The second-order valence-electron chi connectivity index (χ2n) is 8.65. The number of carbonyl (C=O) groups excluding carboxylic acids is 2. The SMILES string of the molecule is COC(=O)C1=Cc2ccc(O)cc2C(C2CC2)N(Cc2cc3c(cc2Br)OCO3)C=C1C(=O)OC. The topological polar surface area (TPSA) is 94.5 Å². The van der Waals surface area contributed by atoms with Gasteiger partial charge in [-0.25, -0.2) is 9.59 Å². The molecule has 1 fully saturated rings. The third-order valence-electron chi connectivity index (χ3n) is 6.40. The first-order valence-electron chi connectivity index (χ1n) is 11.2. The van der Waals surface area contributed by atoms with E-state index in [2.05, 4.69) is 15.9 Å². The minimum atomic E-state index is -0.658. The molecule has 1 atom stereocenters. The second kappa shape index (κ2) is 9.30. The summed E-state index contributed by atoms with van der Waals surface area (Å²) in [4.78, 5) is 27.7. The van der Waals surface area contributed by atoms with Gasteiger partial charge in [0.15, 0.2) is 11.5 Å². The van der Waals surface area contributed by atoms with Gasteiger partial charge in [-0.2, -0.15) is 0 Å². The van der Waals surface area contributed by atoms with Gasteiger partial charge in [-0.3, -0.25) is 0 Å². The van der Waals surface area contributed by atoms with E-state index in [1.807, 2.05) is 17.0 Å². The number of rotatable bonds is 5. The lowest BCUT2D eigenvalue weighted by Crippen LogP contribution is -2.29. The third-order valence-corrected chi connectivity index (χ3v) is 7.14. The molecule has 3 aliphatic rings. The van der Waals surface area contributed by atoms with Crippen LogP contribution in [0.25, 0.3) is 6.08 Å². The Balaban J connectivity index is 1.70. The molecule has 182 valence electrons. The fourth-order valence-electron chi connectivity index (χ4n) is 4.59. The summed E-state index contributed by atoms with van der Waals surface area (Å²) in [7, 11) is 2.54. The summed E-state index contributed by atoms with van der Waals surface area (Å²) in [6.45, 7) is 0.550. The van der Waals surface area contributed by atoms with Gasteiger partial charge >= 0.3 is 11.9 Å².